The van der Waals surface area contributed by atoms with E-state index < -0.39 is 0 Å². The standard InChI is InChI=1S/C18H28ClN3.2C2H6/c1-15-3-4-16(18(19)13-15)14-21-9-11-22(12-10-21)17-5-7-20(2)8-6-17;2*1-2/h3-4,13,17H,5-12,14H2,1-2H3;2*1-2H3. The molecule has 2 aliphatic rings. The summed E-state index contributed by atoms with van der Waals surface area (Å²) in [5.41, 5.74) is 2.50. The van der Waals surface area contributed by atoms with Crippen LogP contribution >= 0.6 is 11.6 Å². The molecular weight excluding hydrogens is 342 g/mol. The highest BCUT2D eigenvalue weighted by Crippen LogP contribution is 2.21. The second kappa shape index (κ2) is 12.7. The minimum absolute atomic E-state index is 0.807. The van der Waals surface area contributed by atoms with E-state index in [0.29, 0.717) is 0 Å². The number of piperazine rings is 1. The molecule has 0 saturated carbocycles. The number of halogens is 1. The Kier molecular flexibility index (Phi) is 11.5. The molecule has 3 nitrogen and oxygen atoms in total. The molecule has 2 fully saturated rings. The van der Waals surface area contributed by atoms with Gasteiger partial charge in [-0.3, -0.25) is 9.80 Å². The zero-order chi connectivity index (χ0) is 19.5. The van der Waals surface area contributed by atoms with Gasteiger partial charge in [0.1, 0.15) is 0 Å². The number of nitrogens with zero attached hydrogens (tertiary/aromatic N) is 3. The molecule has 0 radical (unpaired) electrons. The molecule has 0 spiro atoms. The normalized spacial score (nSPS) is 20.0. The molecule has 2 saturated heterocycles. The van der Waals surface area contributed by atoms with Gasteiger partial charge in [0.25, 0.3) is 0 Å². The fourth-order valence-electron chi connectivity index (χ4n) is 3.67. The number of benzene rings is 1. The van der Waals surface area contributed by atoms with Crippen molar-refractivity contribution in [1.29, 1.82) is 0 Å². The first kappa shape index (κ1) is 23.4. The van der Waals surface area contributed by atoms with Crippen LogP contribution in [0.3, 0.4) is 0 Å². The Morgan fingerprint density at radius 1 is 0.923 bits per heavy atom. The summed E-state index contributed by atoms with van der Waals surface area (Å²) >= 11 is 6.37. The summed E-state index contributed by atoms with van der Waals surface area (Å²) in [5, 5.41) is 0.915. The van der Waals surface area contributed by atoms with Crippen molar-refractivity contribution in [1.82, 2.24) is 14.7 Å². The van der Waals surface area contributed by atoms with E-state index in [0.717, 1.165) is 30.7 Å². The predicted molar refractivity (Wildman–Crippen MR) is 116 cm³/mol. The first-order valence-corrected chi connectivity index (χ1v) is 10.9. The van der Waals surface area contributed by atoms with E-state index in [9.17, 15) is 0 Å². The van der Waals surface area contributed by atoms with Gasteiger partial charge in [0.05, 0.1) is 0 Å². The molecule has 0 aromatic heterocycles. The van der Waals surface area contributed by atoms with E-state index in [1.165, 1.54) is 50.1 Å². The second-order valence-electron chi connectivity index (χ2n) is 6.94. The van der Waals surface area contributed by atoms with E-state index in [1.54, 1.807) is 0 Å². The number of hydrogen-bond acceptors (Lipinski definition) is 3. The van der Waals surface area contributed by atoms with E-state index in [1.807, 2.05) is 27.7 Å². The lowest BCUT2D eigenvalue weighted by Crippen LogP contribution is -2.52. The molecule has 0 amide bonds. The molecule has 2 heterocycles. The molecule has 1 aromatic carbocycles. The van der Waals surface area contributed by atoms with Crippen molar-refractivity contribution in [2.75, 3.05) is 46.3 Å². The van der Waals surface area contributed by atoms with Gasteiger partial charge < -0.3 is 4.90 Å². The van der Waals surface area contributed by atoms with Crippen molar-refractivity contribution in [3.8, 4) is 0 Å². The molecule has 0 N–H and O–H groups in total. The van der Waals surface area contributed by atoms with Crippen LogP contribution in [0.5, 0.6) is 0 Å². The fraction of sp³-hybridized carbons (Fsp3) is 0.727. The summed E-state index contributed by atoms with van der Waals surface area (Å²) in [6.45, 7) is 18.3. The molecule has 0 aliphatic carbocycles. The maximum absolute atomic E-state index is 6.37. The molecule has 1 aromatic rings. The Balaban J connectivity index is 0.000000791. The van der Waals surface area contributed by atoms with E-state index >= 15 is 0 Å². The lowest BCUT2D eigenvalue weighted by molar-refractivity contribution is 0.0618. The van der Waals surface area contributed by atoms with Crippen LogP contribution in [0.25, 0.3) is 0 Å². The maximum atomic E-state index is 6.37. The quantitative estimate of drug-likeness (QED) is 0.736. The third-order valence-corrected chi connectivity index (χ3v) is 5.57. The zero-order valence-corrected chi connectivity index (χ0v) is 18.6. The number of aryl methyl sites for hydroxylation is 1. The van der Waals surface area contributed by atoms with Gasteiger partial charge in [-0.05, 0) is 57.1 Å². The van der Waals surface area contributed by atoms with Crippen molar-refractivity contribution in [3.05, 3.63) is 34.3 Å². The van der Waals surface area contributed by atoms with Gasteiger partial charge in [-0.1, -0.05) is 51.4 Å². The Hall–Kier alpha value is -0.610. The molecule has 3 rings (SSSR count). The lowest BCUT2D eigenvalue weighted by Gasteiger charge is -2.42. The average Bonchev–Trinajstić information content (AvgIpc) is 2.68. The van der Waals surface area contributed by atoms with E-state index in [2.05, 4.69) is 46.9 Å². The smallest absolute Gasteiger partial charge is 0.0453 e. The number of hydrogen-bond donors (Lipinski definition) is 0. The third kappa shape index (κ3) is 7.19. The summed E-state index contributed by atoms with van der Waals surface area (Å²) in [5.74, 6) is 0. The molecule has 0 bridgehead atoms. The third-order valence-electron chi connectivity index (χ3n) is 5.21. The van der Waals surface area contributed by atoms with Crippen molar-refractivity contribution < 1.29 is 0 Å². The second-order valence-corrected chi connectivity index (χ2v) is 7.35. The monoisotopic (exact) mass is 381 g/mol. The Morgan fingerprint density at radius 2 is 1.50 bits per heavy atom. The minimum Gasteiger partial charge on any atom is -0.306 e. The van der Waals surface area contributed by atoms with Crippen molar-refractivity contribution in [2.24, 2.45) is 0 Å². The van der Waals surface area contributed by atoms with Crippen molar-refractivity contribution >= 4 is 11.6 Å². The first-order valence-electron chi connectivity index (χ1n) is 10.5. The largest absolute Gasteiger partial charge is 0.306 e. The molecule has 150 valence electrons. The molecule has 26 heavy (non-hydrogen) atoms. The van der Waals surface area contributed by atoms with Gasteiger partial charge in [-0.2, -0.15) is 0 Å². The first-order chi connectivity index (χ1) is 12.6. The van der Waals surface area contributed by atoms with Crippen LogP contribution in [-0.2, 0) is 6.54 Å². The topological polar surface area (TPSA) is 9.72 Å². The average molecular weight is 382 g/mol. The summed E-state index contributed by atoms with van der Waals surface area (Å²) in [6.07, 6.45) is 2.67. The van der Waals surface area contributed by atoms with Crippen LogP contribution in [0.1, 0.15) is 51.7 Å². The molecular formula is C22H40ClN3. The van der Waals surface area contributed by atoms with Gasteiger partial charge in [0.15, 0.2) is 0 Å². The van der Waals surface area contributed by atoms with Crippen LogP contribution in [0.15, 0.2) is 18.2 Å². The van der Waals surface area contributed by atoms with Crippen molar-refractivity contribution in [2.45, 2.75) is 60.0 Å². The van der Waals surface area contributed by atoms with Gasteiger partial charge in [0.2, 0.25) is 0 Å². The van der Waals surface area contributed by atoms with Crippen LogP contribution in [0.4, 0.5) is 0 Å². The lowest BCUT2D eigenvalue weighted by atomic mass is 10.0. The Morgan fingerprint density at radius 3 is 2.04 bits per heavy atom. The van der Waals surface area contributed by atoms with Crippen LogP contribution in [-0.4, -0.2) is 67.1 Å². The van der Waals surface area contributed by atoms with Gasteiger partial charge >= 0.3 is 0 Å². The minimum atomic E-state index is 0.807. The molecule has 2 aliphatic heterocycles. The SMILES string of the molecule is CC.CC.Cc1ccc(CN2CCN(C3CCN(C)CC3)CC2)c(Cl)c1. The predicted octanol–water partition coefficient (Wildman–Crippen LogP) is 4.91. The van der Waals surface area contributed by atoms with Gasteiger partial charge in [-0.25, -0.2) is 0 Å². The highest BCUT2D eigenvalue weighted by Gasteiger charge is 2.26. The Labute approximate surface area is 167 Å². The van der Waals surface area contributed by atoms with Crippen molar-refractivity contribution in [3.63, 3.8) is 0 Å². The van der Waals surface area contributed by atoms with Gasteiger partial charge in [-0.15, -0.1) is 0 Å². The van der Waals surface area contributed by atoms with E-state index in [-0.39, 0.29) is 0 Å². The Bertz CT molecular complexity index is 490. The highest BCUT2D eigenvalue weighted by molar-refractivity contribution is 6.31. The summed E-state index contributed by atoms with van der Waals surface area (Å²) in [6, 6.07) is 7.23. The van der Waals surface area contributed by atoms with Gasteiger partial charge in [0, 0.05) is 43.8 Å². The summed E-state index contributed by atoms with van der Waals surface area (Å²) in [4.78, 5) is 7.70. The number of rotatable bonds is 3. The molecule has 0 unspecified atom stereocenters. The fourth-order valence-corrected chi connectivity index (χ4v) is 3.96. The highest BCUT2D eigenvalue weighted by atomic mass is 35.5. The number of piperidine rings is 1. The van der Waals surface area contributed by atoms with Crippen LogP contribution in [0.2, 0.25) is 5.02 Å². The molecule has 0 atom stereocenters. The van der Waals surface area contributed by atoms with E-state index in [4.69, 9.17) is 11.6 Å². The summed E-state index contributed by atoms with van der Waals surface area (Å²) < 4.78 is 0. The maximum Gasteiger partial charge on any atom is 0.0453 e. The van der Waals surface area contributed by atoms with Crippen LogP contribution in [0, 0.1) is 6.92 Å². The molecule has 4 heteroatoms. The van der Waals surface area contributed by atoms with Crippen LogP contribution < -0.4 is 0 Å². The summed E-state index contributed by atoms with van der Waals surface area (Å²) in [7, 11) is 2.24. The number of likely N-dealkylation sites (tertiary alicyclic amines) is 1. The zero-order valence-electron chi connectivity index (χ0n) is 17.9.